The summed E-state index contributed by atoms with van der Waals surface area (Å²) in [5, 5.41) is 10.3. The van der Waals surface area contributed by atoms with Crippen LogP contribution in [0, 0.1) is 5.82 Å². The van der Waals surface area contributed by atoms with Crippen LogP contribution in [-0.4, -0.2) is 47.3 Å². The molecule has 24 heavy (non-hydrogen) atoms. The van der Waals surface area contributed by atoms with Crippen LogP contribution >= 0.6 is 0 Å². The maximum Gasteiger partial charge on any atom is 0.233 e. The summed E-state index contributed by atoms with van der Waals surface area (Å²) in [6.45, 7) is 1.84. The van der Waals surface area contributed by atoms with Gasteiger partial charge in [-0.3, -0.25) is 4.79 Å². The van der Waals surface area contributed by atoms with Crippen LogP contribution in [0.2, 0.25) is 0 Å². The van der Waals surface area contributed by atoms with Crippen LogP contribution in [0.4, 0.5) is 4.39 Å². The summed E-state index contributed by atoms with van der Waals surface area (Å²) in [7, 11) is 0. The van der Waals surface area contributed by atoms with Gasteiger partial charge in [0.15, 0.2) is 0 Å². The van der Waals surface area contributed by atoms with Gasteiger partial charge in [-0.05, 0) is 44.6 Å². The number of benzene rings is 1. The van der Waals surface area contributed by atoms with Crippen molar-refractivity contribution in [2.24, 2.45) is 0 Å². The molecule has 3 fully saturated rings. The van der Waals surface area contributed by atoms with Crippen LogP contribution in [0.1, 0.15) is 44.1 Å². The molecule has 2 saturated heterocycles. The van der Waals surface area contributed by atoms with Gasteiger partial charge in [0.05, 0.1) is 17.1 Å². The number of aliphatic hydroxyl groups excluding tert-OH is 1. The lowest BCUT2D eigenvalue weighted by Gasteiger charge is -2.47. The Bertz CT molecular complexity index is 635. The Kier molecular flexibility index (Phi) is 3.88. The molecule has 1 N–H and O–H groups in total. The number of likely N-dealkylation sites (tertiary alicyclic amines) is 1. The minimum atomic E-state index is -0.665. The molecule has 1 spiro atoms. The van der Waals surface area contributed by atoms with Gasteiger partial charge >= 0.3 is 0 Å². The van der Waals surface area contributed by atoms with Crippen LogP contribution in [-0.2, 0) is 14.9 Å². The van der Waals surface area contributed by atoms with Crippen molar-refractivity contribution in [1.29, 1.82) is 0 Å². The van der Waals surface area contributed by atoms with E-state index in [1.807, 2.05) is 4.90 Å². The molecular formula is C19H24FNO3. The summed E-state index contributed by atoms with van der Waals surface area (Å²) in [6.07, 6.45) is 3.97. The Labute approximate surface area is 141 Å². The molecule has 1 aromatic rings. The molecule has 4 nitrogen and oxygen atoms in total. The van der Waals surface area contributed by atoms with Crippen molar-refractivity contribution in [1.82, 2.24) is 4.90 Å². The number of halogens is 1. The zero-order valence-electron chi connectivity index (χ0n) is 13.8. The lowest BCUT2D eigenvalue weighted by molar-refractivity contribution is -0.180. The van der Waals surface area contributed by atoms with E-state index in [4.69, 9.17) is 4.74 Å². The summed E-state index contributed by atoms with van der Waals surface area (Å²) >= 11 is 0. The van der Waals surface area contributed by atoms with Crippen LogP contribution in [0.3, 0.4) is 0 Å². The summed E-state index contributed by atoms with van der Waals surface area (Å²) < 4.78 is 20.1. The van der Waals surface area contributed by atoms with Gasteiger partial charge in [0.25, 0.3) is 0 Å². The largest absolute Gasteiger partial charge is 0.390 e. The highest BCUT2D eigenvalue weighted by molar-refractivity contribution is 5.91. The van der Waals surface area contributed by atoms with Crippen LogP contribution in [0.15, 0.2) is 24.3 Å². The molecule has 0 aromatic heterocycles. The highest BCUT2D eigenvalue weighted by atomic mass is 19.1. The number of hydrogen-bond donors (Lipinski definition) is 1. The first-order chi connectivity index (χ1) is 11.6. The van der Waals surface area contributed by atoms with Gasteiger partial charge in [-0.25, -0.2) is 4.39 Å². The number of amides is 1. The van der Waals surface area contributed by atoms with Gasteiger partial charge in [0, 0.05) is 25.3 Å². The maximum atomic E-state index is 14.2. The molecule has 3 aliphatic rings. The monoisotopic (exact) mass is 333 g/mol. The van der Waals surface area contributed by atoms with Gasteiger partial charge < -0.3 is 14.7 Å². The van der Waals surface area contributed by atoms with E-state index in [0.29, 0.717) is 50.9 Å². The first kappa shape index (κ1) is 16.0. The second-order valence-electron chi connectivity index (χ2n) is 7.43. The second-order valence-corrected chi connectivity index (χ2v) is 7.43. The van der Waals surface area contributed by atoms with Crippen LogP contribution in [0.25, 0.3) is 0 Å². The average molecular weight is 333 g/mol. The minimum absolute atomic E-state index is 0.0350. The highest BCUT2D eigenvalue weighted by Crippen LogP contribution is 2.51. The number of hydrogen-bond acceptors (Lipinski definition) is 3. The zero-order chi connectivity index (χ0) is 16.8. The average Bonchev–Trinajstić information content (AvgIpc) is 3.40. The summed E-state index contributed by atoms with van der Waals surface area (Å²) in [5.41, 5.74) is -0.615. The number of nitrogens with zero attached hydrogens (tertiary/aromatic N) is 1. The Balaban J connectivity index is 1.48. The molecule has 2 aliphatic heterocycles. The third-order valence-electron chi connectivity index (χ3n) is 6.06. The van der Waals surface area contributed by atoms with Gasteiger partial charge in [0.2, 0.25) is 5.91 Å². The lowest BCUT2D eigenvalue weighted by atomic mass is 9.81. The molecular weight excluding hydrogens is 309 g/mol. The molecule has 4 rings (SSSR count). The molecule has 1 amide bonds. The zero-order valence-corrected chi connectivity index (χ0v) is 13.8. The molecule has 0 bridgehead atoms. The number of aliphatic hydroxyl groups is 1. The summed E-state index contributed by atoms with van der Waals surface area (Å²) in [6, 6.07) is 6.62. The third-order valence-corrected chi connectivity index (χ3v) is 6.06. The van der Waals surface area contributed by atoms with E-state index in [0.717, 1.165) is 12.8 Å². The third kappa shape index (κ3) is 2.45. The van der Waals surface area contributed by atoms with Crippen LogP contribution < -0.4 is 0 Å². The summed E-state index contributed by atoms with van der Waals surface area (Å²) in [4.78, 5) is 14.9. The van der Waals surface area contributed by atoms with Crippen molar-refractivity contribution in [3.63, 3.8) is 0 Å². The number of carbonyl (C=O) groups excluding carboxylic acids is 1. The number of piperidine rings is 1. The lowest BCUT2D eigenvalue weighted by Crippen LogP contribution is -2.57. The number of carbonyl (C=O) groups is 1. The van der Waals surface area contributed by atoms with Crippen molar-refractivity contribution < 1.29 is 19.0 Å². The van der Waals surface area contributed by atoms with Crippen LogP contribution in [0.5, 0.6) is 0 Å². The Morgan fingerprint density at radius 3 is 2.54 bits per heavy atom. The topological polar surface area (TPSA) is 49.8 Å². The Hall–Kier alpha value is -1.46. The van der Waals surface area contributed by atoms with E-state index in [1.54, 1.807) is 18.2 Å². The standard InChI is InChI=1S/C19H24FNO3/c20-15-5-2-1-4-14(15)18(7-8-18)17(23)21-11-9-19(10-12-21)16(22)6-3-13-24-19/h1-2,4-5,16,22H,3,6-13H2/t16-/m0/s1. The predicted octanol–water partition coefficient (Wildman–Crippen LogP) is 2.39. The summed E-state index contributed by atoms with van der Waals surface area (Å²) in [5.74, 6) is -0.254. The van der Waals surface area contributed by atoms with Gasteiger partial charge in [-0.15, -0.1) is 0 Å². The first-order valence-electron chi connectivity index (χ1n) is 8.94. The fourth-order valence-electron chi connectivity index (χ4n) is 4.35. The molecule has 2 heterocycles. The van der Waals surface area contributed by atoms with E-state index in [-0.39, 0.29) is 11.7 Å². The molecule has 1 atom stereocenters. The molecule has 0 unspecified atom stereocenters. The van der Waals surface area contributed by atoms with Gasteiger partial charge in [-0.2, -0.15) is 0 Å². The molecule has 130 valence electrons. The molecule has 1 aromatic carbocycles. The quantitative estimate of drug-likeness (QED) is 0.904. The van der Waals surface area contributed by atoms with E-state index < -0.39 is 17.1 Å². The van der Waals surface area contributed by atoms with Crippen molar-refractivity contribution in [2.75, 3.05) is 19.7 Å². The molecule has 5 heteroatoms. The van der Waals surface area contributed by atoms with Crippen molar-refractivity contribution >= 4 is 5.91 Å². The van der Waals surface area contributed by atoms with Gasteiger partial charge in [-0.1, -0.05) is 18.2 Å². The molecule has 1 aliphatic carbocycles. The molecule has 0 radical (unpaired) electrons. The predicted molar refractivity (Wildman–Crippen MR) is 87.0 cm³/mol. The Morgan fingerprint density at radius 1 is 1.21 bits per heavy atom. The Morgan fingerprint density at radius 2 is 1.92 bits per heavy atom. The van der Waals surface area contributed by atoms with E-state index in [2.05, 4.69) is 0 Å². The fourth-order valence-corrected chi connectivity index (χ4v) is 4.35. The van der Waals surface area contributed by atoms with Crippen molar-refractivity contribution in [3.05, 3.63) is 35.6 Å². The van der Waals surface area contributed by atoms with Crippen molar-refractivity contribution in [2.45, 2.75) is 55.6 Å². The highest BCUT2D eigenvalue weighted by Gasteiger charge is 2.55. The normalized spacial score (nSPS) is 27.9. The van der Waals surface area contributed by atoms with E-state index in [1.165, 1.54) is 6.07 Å². The molecule has 1 saturated carbocycles. The smallest absolute Gasteiger partial charge is 0.233 e. The first-order valence-corrected chi connectivity index (χ1v) is 8.94. The van der Waals surface area contributed by atoms with E-state index in [9.17, 15) is 14.3 Å². The van der Waals surface area contributed by atoms with Gasteiger partial charge in [0.1, 0.15) is 5.82 Å². The SMILES string of the molecule is O=C(N1CCC2(CC1)OCCC[C@@H]2O)C1(c2ccccc2F)CC1. The minimum Gasteiger partial charge on any atom is -0.390 e. The number of ether oxygens (including phenoxy) is 1. The fraction of sp³-hybridized carbons (Fsp3) is 0.632. The van der Waals surface area contributed by atoms with Crippen molar-refractivity contribution in [3.8, 4) is 0 Å². The number of rotatable bonds is 2. The van der Waals surface area contributed by atoms with E-state index >= 15 is 0 Å². The second kappa shape index (κ2) is 5.81. The maximum absolute atomic E-state index is 14.2.